The fourth-order valence-electron chi connectivity index (χ4n) is 5.02. The summed E-state index contributed by atoms with van der Waals surface area (Å²) >= 11 is 0. The highest BCUT2D eigenvalue weighted by Gasteiger charge is 2.19. The molecule has 0 N–H and O–H groups in total. The van der Waals surface area contributed by atoms with Crippen LogP contribution >= 0.6 is 0 Å². The molecule has 0 unspecified atom stereocenters. The van der Waals surface area contributed by atoms with Gasteiger partial charge in [-0.1, -0.05) is 66.7 Å². The summed E-state index contributed by atoms with van der Waals surface area (Å²) in [4.78, 5) is 9.89. The number of nitrogens with zero attached hydrogens (tertiary/aromatic N) is 3. The van der Waals surface area contributed by atoms with E-state index in [1.165, 1.54) is 29.7 Å². The first-order valence-corrected chi connectivity index (χ1v) is 12.1. The summed E-state index contributed by atoms with van der Waals surface area (Å²) in [5.74, 6) is 0.980. The maximum absolute atomic E-state index is 5.17. The van der Waals surface area contributed by atoms with Crippen molar-refractivity contribution in [2.24, 2.45) is 0 Å². The van der Waals surface area contributed by atoms with Crippen LogP contribution in [0.1, 0.15) is 29.7 Å². The molecule has 3 aromatic carbocycles. The van der Waals surface area contributed by atoms with Gasteiger partial charge in [-0.2, -0.15) is 0 Å². The molecular formula is C31H27N3. The molecule has 3 heteroatoms. The average molecular weight is 442 g/mol. The number of pyridine rings is 1. The minimum atomic E-state index is 0.974. The van der Waals surface area contributed by atoms with Gasteiger partial charge in [-0.25, -0.2) is 4.98 Å². The van der Waals surface area contributed by atoms with E-state index in [9.17, 15) is 0 Å². The number of aromatic nitrogens is 3. The Kier molecular flexibility index (Phi) is 5.31. The maximum atomic E-state index is 5.17. The lowest BCUT2D eigenvalue weighted by Gasteiger charge is -2.20. The minimum absolute atomic E-state index is 0.974. The molecule has 0 spiro atoms. The topological polar surface area (TPSA) is 30.7 Å². The maximum Gasteiger partial charge on any atom is 0.145 e. The molecule has 34 heavy (non-hydrogen) atoms. The fourth-order valence-corrected chi connectivity index (χ4v) is 5.02. The van der Waals surface area contributed by atoms with Crippen molar-refractivity contribution in [1.82, 2.24) is 14.5 Å². The van der Waals surface area contributed by atoms with Gasteiger partial charge in [0.25, 0.3) is 0 Å². The van der Waals surface area contributed by atoms with Gasteiger partial charge in [0.1, 0.15) is 5.82 Å². The second kappa shape index (κ2) is 8.75. The quantitative estimate of drug-likeness (QED) is 0.290. The minimum Gasteiger partial charge on any atom is -0.299 e. The van der Waals surface area contributed by atoms with Gasteiger partial charge < -0.3 is 0 Å². The van der Waals surface area contributed by atoms with E-state index in [-0.39, 0.29) is 0 Å². The number of rotatable bonds is 4. The van der Waals surface area contributed by atoms with Crippen LogP contribution in [0.3, 0.4) is 0 Å². The second-order valence-electron chi connectivity index (χ2n) is 9.05. The van der Waals surface area contributed by atoms with Crippen LogP contribution in [0.4, 0.5) is 0 Å². The smallest absolute Gasteiger partial charge is 0.145 e. The summed E-state index contributed by atoms with van der Waals surface area (Å²) in [6.45, 7) is 2.03. The molecule has 166 valence electrons. The van der Waals surface area contributed by atoms with Gasteiger partial charge in [0.2, 0.25) is 0 Å². The van der Waals surface area contributed by atoms with Crippen LogP contribution in [0, 0.1) is 6.92 Å². The zero-order valence-corrected chi connectivity index (χ0v) is 19.4. The van der Waals surface area contributed by atoms with E-state index in [0.29, 0.717) is 0 Å². The molecule has 3 nitrogen and oxygen atoms in total. The van der Waals surface area contributed by atoms with Gasteiger partial charge in [-0.05, 0) is 68.0 Å². The molecule has 0 saturated carbocycles. The average Bonchev–Trinajstić information content (AvgIpc) is 3.34. The van der Waals surface area contributed by atoms with E-state index in [4.69, 9.17) is 9.97 Å². The predicted molar refractivity (Wildman–Crippen MR) is 139 cm³/mol. The highest BCUT2D eigenvalue weighted by Crippen LogP contribution is 2.33. The number of benzene rings is 3. The summed E-state index contributed by atoms with van der Waals surface area (Å²) < 4.78 is 2.30. The van der Waals surface area contributed by atoms with Crippen LogP contribution in [0.25, 0.3) is 39.6 Å². The van der Waals surface area contributed by atoms with Crippen LogP contribution in [0.15, 0.2) is 97.2 Å². The number of hydrogen-bond donors (Lipinski definition) is 0. The molecular weight excluding hydrogens is 414 g/mol. The Labute approximate surface area is 200 Å². The zero-order valence-electron chi connectivity index (χ0n) is 19.4. The van der Waals surface area contributed by atoms with Crippen LogP contribution in [-0.4, -0.2) is 14.5 Å². The molecule has 1 aliphatic carbocycles. The van der Waals surface area contributed by atoms with Gasteiger partial charge in [0, 0.05) is 28.6 Å². The van der Waals surface area contributed by atoms with Crippen molar-refractivity contribution in [3.8, 4) is 39.6 Å². The van der Waals surface area contributed by atoms with E-state index < -0.39 is 0 Å². The number of imidazole rings is 1. The van der Waals surface area contributed by atoms with Gasteiger partial charge >= 0.3 is 0 Å². The van der Waals surface area contributed by atoms with Crippen molar-refractivity contribution in [2.75, 3.05) is 0 Å². The lowest BCUT2D eigenvalue weighted by Crippen LogP contribution is -2.08. The molecule has 0 aliphatic heterocycles. The van der Waals surface area contributed by atoms with Crippen molar-refractivity contribution in [3.05, 3.63) is 114 Å². The first-order valence-electron chi connectivity index (χ1n) is 12.1. The summed E-state index contributed by atoms with van der Waals surface area (Å²) in [5.41, 5.74) is 10.5. The largest absolute Gasteiger partial charge is 0.299 e. The number of fused-ring (bicyclic) bond motifs is 1. The highest BCUT2D eigenvalue weighted by atomic mass is 15.1. The SMILES string of the molecule is Cc1cccc(-c2cccc(-c3cn(-c4cccc5c4CCCC5)c(-c4ccccc4)n3)c2)n1. The second-order valence-corrected chi connectivity index (χ2v) is 9.05. The number of hydrogen-bond acceptors (Lipinski definition) is 2. The predicted octanol–water partition coefficient (Wildman–Crippen LogP) is 7.46. The summed E-state index contributed by atoms with van der Waals surface area (Å²) in [6.07, 6.45) is 7.02. The Morgan fingerprint density at radius 1 is 0.647 bits per heavy atom. The zero-order chi connectivity index (χ0) is 22.9. The highest BCUT2D eigenvalue weighted by molar-refractivity contribution is 5.72. The van der Waals surface area contributed by atoms with E-state index in [0.717, 1.165) is 52.4 Å². The Balaban J connectivity index is 1.51. The summed E-state index contributed by atoms with van der Waals surface area (Å²) in [6, 6.07) is 31.9. The van der Waals surface area contributed by atoms with Crippen molar-refractivity contribution >= 4 is 0 Å². The molecule has 5 aromatic rings. The molecule has 0 fully saturated rings. The van der Waals surface area contributed by atoms with E-state index in [2.05, 4.69) is 95.7 Å². The molecule has 0 radical (unpaired) electrons. The van der Waals surface area contributed by atoms with Gasteiger partial charge in [-0.3, -0.25) is 9.55 Å². The molecule has 1 aliphatic rings. The summed E-state index contributed by atoms with van der Waals surface area (Å²) in [7, 11) is 0. The van der Waals surface area contributed by atoms with Gasteiger partial charge in [-0.15, -0.1) is 0 Å². The fraction of sp³-hybridized carbons (Fsp3) is 0.161. The van der Waals surface area contributed by atoms with Crippen molar-refractivity contribution in [2.45, 2.75) is 32.6 Å². The molecule has 2 aromatic heterocycles. The molecule has 0 saturated heterocycles. The normalized spacial score (nSPS) is 13.0. The van der Waals surface area contributed by atoms with Gasteiger partial charge in [0.05, 0.1) is 17.1 Å². The standard InChI is InChI=1S/C31H27N3/c1-22-10-7-18-28(32-22)25-15-8-16-26(20-25)29-21-34(31(33-29)24-12-3-2-4-13-24)30-19-9-14-23-11-5-6-17-27(23)30/h2-4,7-10,12-16,18-21H,5-6,11,17H2,1H3. The van der Waals surface area contributed by atoms with E-state index in [1.54, 1.807) is 0 Å². The van der Waals surface area contributed by atoms with Crippen molar-refractivity contribution < 1.29 is 0 Å². The van der Waals surface area contributed by atoms with Crippen LogP contribution < -0.4 is 0 Å². The first-order chi connectivity index (χ1) is 16.8. The van der Waals surface area contributed by atoms with Gasteiger partial charge in [0.15, 0.2) is 0 Å². The molecule has 6 rings (SSSR count). The van der Waals surface area contributed by atoms with Crippen LogP contribution in [0.2, 0.25) is 0 Å². The lowest BCUT2D eigenvalue weighted by molar-refractivity contribution is 0.681. The molecule has 2 heterocycles. The number of aryl methyl sites for hydroxylation is 2. The Bertz CT molecular complexity index is 1460. The van der Waals surface area contributed by atoms with E-state index in [1.807, 2.05) is 13.0 Å². The first kappa shape index (κ1) is 20.6. The van der Waals surface area contributed by atoms with E-state index >= 15 is 0 Å². The Morgan fingerprint density at radius 3 is 2.24 bits per heavy atom. The molecule has 0 amide bonds. The van der Waals surface area contributed by atoms with Crippen LogP contribution in [-0.2, 0) is 12.8 Å². The monoisotopic (exact) mass is 441 g/mol. The Hall–Kier alpha value is -3.98. The third-order valence-corrected chi connectivity index (χ3v) is 6.71. The molecule has 0 atom stereocenters. The lowest BCUT2D eigenvalue weighted by atomic mass is 9.90. The third kappa shape index (κ3) is 3.84. The Morgan fingerprint density at radius 2 is 1.38 bits per heavy atom. The van der Waals surface area contributed by atoms with Crippen molar-refractivity contribution in [1.29, 1.82) is 0 Å². The molecule has 0 bridgehead atoms. The summed E-state index contributed by atoms with van der Waals surface area (Å²) in [5, 5.41) is 0. The van der Waals surface area contributed by atoms with Crippen molar-refractivity contribution in [3.63, 3.8) is 0 Å². The third-order valence-electron chi connectivity index (χ3n) is 6.71. The van der Waals surface area contributed by atoms with Crippen LogP contribution in [0.5, 0.6) is 0 Å².